The average molecular weight is 693 g/mol. The molecule has 0 radical (unpaired) electrons. The molecule has 0 aromatic heterocycles. The molecule has 0 N–H and O–H groups in total. The molecule has 0 amide bonds. The van der Waals surface area contributed by atoms with Crippen molar-refractivity contribution in [1.29, 1.82) is 0 Å². The minimum absolute atomic E-state index is 0.0138. The van der Waals surface area contributed by atoms with Crippen molar-refractivity contribution in [2.45, 2.75) is 59.0 Å². The van der Waals surface area contributed by atoms with Gasteiger partial charge in [-0.3, -0.25) is 4.79 Å². The van der Waals surface area contributed by atoms with Gasteiger partial charge in [0, 0.05) is 18.6 Å². The van der Waals surface area contributed by atoms with Gasteiger partial charge in [0.25, 0.3) is 0 Å². The molecule has 50 heavy (non-hydrogen) atoms. The number of carbonyl (C=O) groups is 5. The van der Waals surface area contributed by atoms with Crippen molar-refractivity contribution in [1.82, 2.24) is 0 Å². The first-order chi connectivity index (χ1) is 23.9. The molecule has 1 fully saturated rings. The Bertz CT molecular complexity index is 1580. The van der Waals surface area contributed by atoms with E-state index in [1.807, 2.05) is 0 Å². The second-order valence-corrected chi connectivity index (χ2v) is 11.7. The van der Waals surface area contributed by atoms with Gasteiger partial charge in [-0.15, -0.1) is 0 Å². The summed E-state index contributed by atoms with van der Waals surface area (Å²) in [7, 11) is 0. The summed E-state index contributed by atoms with van der Waals surface area (Å²) >= 11 is 0. The Balaban J connectivity index is 1.52. The highest BCUT2D eigenvalue weighted by Gasteiger charge is 2.30. The first kappa shape index (κ1) is 39.1. The van der Waals surface area contributed by atoms with Crippen LogP contribution in [0.25, 0.3) is 0 Å². The molecule has 0 heterocycles. The number of hydrogen-bond acceptors (Lipinski definition) is 12. The van der Waals surface area contributed by atoms with Crippen LogP contribution in [0.15, 0.2) is 68.3 Å². The summed E-state index contributed by atoms with van der Waals surface area (Å²) in [5.41, 5.74) is 1.85. The number of hydrogen-bond donors (Lipinski definition) is 0. The molecule has 0 spiro atoms. The van der Waals surface area contributed by atoms with Crippen LogP contribution in [0.4, 0.5) is 0 Å². The van der Waals surface area contributed by atoms with Crippen molar-refractivity contribution in [2.24, 2.45) is 11.8 Å². The van der Waals surface area contributed by atoms with E-state index in [0.29, 0.717) is 41.7 Å². The van der Waals surface area contributed by atoms with Gasteiger partial charge in [-0.1, -0.05) is 26.7 Å². The van der Waals surface area contributed by atoms with Crippen LogP contribution in [0.1, 0.15) is 70.9 Å². The van der Waals surface area contributed by atoms with Gasteiger partial charge in [0.15, 0.2) is 17.3 Å². The van der Waals surface area contributed by atoms with Crippen LogP contribution in [0.2, 0.25) is 0 Å². The predicted molar refractivity (Wildman–Crippen MR) is 182 cm³/mol. The van der Waals surface area contributed by atoms with Crippen molar-refractivity contribution >= 4 is 29.7 Å². The fraction of sp³-hybridized carbons (Fsp3) is 0.395. The molecule has 2 aromatic carbocycles. The highest BCUT2D eigenvalue weighted by atomic mass is 16.7. The molecule has 268 valence electrons. The highest BCUT2D eigenvalue weighted by molar-refractivity contribution is 5.91. The van der Waals surface area contributed by atoms with E-state index in [2.05, 4.69) is 26.7 Å². The molecular weight excluding hydrogens is 648 g/mol. The maximum atomic E-state index is 13.3. The normalized spacial score (nSPS) is 16.6. The molecule has 1 saturated carbocycles. The van der Waals surface area contributed by atoms with Gasteiger partial charge >= 0.3 is 23.9 Å². The third-order valence-electron chi connectivity index (χ3n) is 8.17. The summed E-state index contributed by atoms with van der Waals surface area (Å²) in [4.78, 5) is 60.2. The first-order valence-electron chi connectivity index (χ1n) is 16.2. The van der Waals surface area contributed by atoms with E-state index < -0.39 is 30.7 Å². The third-order valence-corrected chi connectivity index (χ3v) is 8.17. The maximum Gasteiger partial charge on any atom is 0.338 e. The largest absolute Gasteiger partial charge is 0.489 e. The molecule has 2 aromatic rings. The lowest BCUT2D eigenvalue weighted by molar-refractivity contribution is -0.145. The summed E-state index contributed by atoms with van der Waals surface area (Å²) < 4.78 is 38.0. The van der Waals surface area contributed by atoms with E-state index in [0.717, 1.165) is 18.6 Å². The van der Waals surface area contributed by atoms with Crippen LogP contribution in [-0.4, -0.2) is 62.6 Å². The number of ether oxygens (including phenoxy) is 7. The third kappa shape index (κ3) is 11.9. The van der Waals surface area contributed by atoms with E-state index in [4.69, 9.17) is 33.2 Å². The van der Waals surface area contributed by atoms with Crippen LogP contribution in [-0.2, 0) is 33.3 Å². The van der Waals surface area contributed by atoms with Crippen LogP contribution in [0, 0.1) is 25.7 Å². The Labute approximate surface area is 292 Å². The number of rotatable bonds is 19. The van der Waals surface area contributed by atoms with Crippen LogP contribution < -0.4 is 14.2 Å². The van der Waals surface area contributed by atoms with Crippen molar-refractivity contribution in [2.75, 3.05) is 26.8 Å². The molecule has 12 heteroatoms. The summed E-state index contributed by atoms with van der Waals surface area (Å²) in [5, 5.41) is 0. The standard InChI is InChI=1S/C38H44O12/c1-7-30(39)15-17-44-33-21-29(19-26(6)36(33)49-23-48-35(41)9-3)38(43)50-31-12-10-27(24(4)20-31)14-16-45-37(42)28-11-13-32(25(5)18-28)46-22-47-34(40)8-2/h7-9,11,13,18-19,21,24,27,31H,1-3,10,12,14-17,20,22-23H2,4-6H3. The van der Waals surface area contributed by atoms with Crippen molar-refractivity contribution < 1.29 is 57.1 Å². The second-order valence-electron chi connectivity index (χ2n) is 11.7. The van der Waals surface area contributed by atoms with E-state index in [-0.39, 0.29) is 67.2 Å². The van der Waals surface area contributed by atoms with Crippen LogP contribution >= 0.6 is 0 Å². The first-order valence-corrected chi connectivity index (χ1v) is 16.2. The second kappa shape index (κ2) is 19.6. The van der Waals surface area contributed by atoms with E-state index in [1.165, 1.54) is 12.1 Å². The quantitative estimate of drug-likeness (QED) is 0.0717. The Morgan fingerprint density at radius 3 is 2.06 bits per heavy atom. The zero-order valence-corrected chi connectivity index (χ0v) is 28.7. The van der Waals surface area contributed by atoms with E-state index in [1.54, 1.807) is 38.1 Å². The minimum atomic E-state index is -0.664. The molecule has 0 aliphatic heterocycles. The number of allylic oxidation sites excluding steroid dienone is 1. The van der Waals surface area contributed by atoms with Gasteiger partial charge in [-0.05, 0) is 98.9 Å². The lowest BCUT2D eigenvalue weighted by Crippen LogP contribution is -2.30. The number of benzene rings is 2. The molecule has 1 aliphatic carbocycles. The summed E-state index contributed by atoms with van der Waals surface area (Å²) in [6.45, 7) is 15.3. The molecule has 12 nitrogen and oxygen atoms in total. The SMILES string of the molecule is C=CC(=O)CCOc1cc(C(=O)OC2CCC(CCOC(=O)c3ccc(OCOC(=O)C=C)c(C)c3)C(C)C2)cc(C)c1OCOC(=O)C=C. The van der Waals surface area contributed by atoms with Crippen molar-refractivity contribution in [3.05, 3.63) is 90.6 Å². The minimum Gasteiger partial charge on any atom is -0.489 e. The maximum absolute atomic E-state index is 13.3. The molecule has 1 aliphatic rings. The fourth-order valence-corrected chi connectivity index (χ4v) is 5.42. The topological polar surface area (TPSA) is 150 Å². The van der Waals surface area contributed by atoms with Gasteiger partial charge in [0.1, 0.15) is 11.9 Å². The van der Waals surface area contributed by atoms with Crippen molar-refractivity contribution in [3.8, 4) is 17.2 Å². The lowest BCUT2D eigenvalue weighted by atomic mass is 9.77. The van der Waals surface area contributed by atoms with Gasteiger partial charge in [-0.2, -0.15) is 0 Å². The highest BCUT2D eigenvalue weighted by Crippen LogP contribution is 2.36. The number of esters is 4. The van der Waals surface area contributed by atoms with Crippen LogP contribution in [0.5, 0.6) is 17.2 Å². The molecule has 3 unspecified atom stereocenters. The summed E-state index contributed by atoms with van der Waals surface area (Å²) in [6.07, 6.45) is 5.77. The zero-order chi connectivity index (χ0) is 36.6. The Morgan fingerprint density at radius 1 is 0.740 bits per heavy atom. The number of carbonyl (C=O) groups excluding carboxylic acids is 5. The fourth-order valence-electron chi connectivity index (χ4n) is 5.42. The summed E-state index contributed by atoms with van der Waals surface area (Å²) in [6, 6.07) is 7.93. The molecule has 0 bridgehead atoms. The summed E-state index contributed by atoms with van der Waals surface area (Å²) in [5.74, 6) is -1.03. The monoisotopic (exact) mass is 692 g/mol. The average Bonchev–Trinajstić information content (AvgIpc) is 3.10. The number of aryl methyl sites for hydroxylation is 2. The van der Waals surface area contributed by atoms with E-state index in [9.17, 15) is 24.0 Å². The Morgan fingerprint density at radius 2 is 1.42 bits per heavy atom. The smallest absolute Gasteiger partial charge is 0.338 e. The molecule has 0 saturated heterocycles. The van der Waals surface area contributed by atoms with E-state index >= 15 is 0 Å². The molecule has 3 rings (SSSR count). The zero-order valence-electron chi connectivity index (χ0n) is 28.7. The van der Waals surface area contributed by atoms with Crippen molar-refractivity contribution in [3.63, 3.8) is 0 Å². The van der Waals surface area contributed by atoms with Gasteiger partial charge in [-0.25, -0.2) is 19.2 Å². The Hall–Kier alpha value is -5.39. The van der Waals surface area contributed by atoms with Crippen LogP contribution in [0.3, 0.4) is 0 Å². The van der Waals surface area contributed by atoms with Gasteiger partial charge < -0.3 is 33.2 Å². The lowest BCUT2D eigenvalue weighted by Gasteiger charge is -2.33. The predicted octanol–water partition coefficient (Wildman–Crippen LogP) is 6.17. The Kier molecular flexibility index (Phi) is 15.3. The van der Waals surface area contributed by atoms with Gasteiger partial charge in [0.2, 0.25) is 13.6 Å². The molecule has 3 atom stereocenters. The van der Waals surface area contributed by atoms with Gasteiger partial charge in [0.05, 0.1) is 24.3 Å². The number of ketones is 1. The molecular formula is C38H44O12.